The molecule has 2 N–H and O–H groups in total. The molecule has 0 fully saturated rings. The van der Waals surface area contributed by atoms with Crippen LogP contribution in [0.25, 0.3) is 0 Å². The molecule has 0 bridgehead atoms. The molecule has 2 aromatic rings. The molecule has 1 heterocycles. The van der Waals surface area contributed by atoms with E-state index >= 15 is 0 Å². The van der Waals surface area contributed by atoms with Crippen LogP contribution in [0.4, 0.5) is 0 Å². The van der Waals surface area contributed by atoms with Gasteiger partial charge in [-0.05, 0) is 52.7 Å². The fourth-order valence-electron chi connectivity index (χ4n) is 2.77. The minimum Gasteiger partial charge on any atom is -0.462 e. The standard InChI is InChI=1S/C23H34N4O3S.HI/c1-8-29-21(28)19-15(2)26-20(31-19)16(3)27-22(24-7)25-13-17-10-9-11-18(12-17)14-30-23(4,5)6;/h9-12,16H,8,13-14H2,1-7H3,(H2,24,25,27);1H. The third kappa shape index (κ3) is 9.03. The number of hydrogen-bond donors (Lipinski definition) is 2. The first-order valence-corrected chi connectivity index (χ1v) is 11.3. The number of nitrogens with zero attached hydrogens (tertiary/aromatic N) is 2. The second kappa shape index (κ2) is 13.1. The first kappa shape index (κ1) is 28.3. The Morgan fingerprint density at radius 1 is 1.28 bits per heavy atom. The second-order valence-corrected chi connectivity index (χ2v) is 9.23. The van der Waals surface area contributed by atoms with E-state index in [2.05, 4.69) is 59.6 Å². The van der Waals surface area contributed by atoms with Gasteiger partial charge in [0, 0.05) is 13.6 Å². The van der Waals surface area contributed by atoms with Gasteiger partial charge in [-0.2, -0.15) is 0 Å². The van der Waals surface area contributed by atoms with Crippen molar-refractivity contribution in [3.05, 3.63) is 51.0 Å². The molecule has 0 saturated carbocycles. The minimum atomic E-state index is -0.325. The molecule has 32 heavy (non-hydrogen) atoms. The van der Waals surface area contributed by atoms with E-state index in [-0.39, 0.29) is 41.6 Å². The number of carbonyl (C=O) groups excluding carboxylic acids is 1. The Kier molecular flexibility index (Phi) is 11.6. The number of thiazole rings is 1. The van der Waals surface area contributed by atoms with Crippen molar-refractivity contribution in [1.29, 1.82) is 0 Å². The van der Waals surface area contributed by atoms with Gasteiger partial charge in [0.05, 0.1) is 30.6 Å². The number of carbonyl (C=O) groups is 1. The summed E-state index contributed by atoms with van der Waals surface area (Å²) in [6, 6.07) is 8.19. The molecule has 7 nitrogen and oxygen atoms in total. The molecule has 0 saturated heterocycles. The number of aromatic nitrogens is 1. The van der Waals surface area contributed by atoms with Crippen LogP contribution in [0.3, 0.4) is 0 Å². The van der Waals surface area contributed by atoms with Crippen LogP contribution in [-0.2, 0) is 22.6 Å². The number of rotatable bonds is 8. The lowest BCUT2D eigenvalue weighted by Crippen LogP contribution is -2.38. The van der Waals surface area contributed by atoms with Crippen LogP contribution in [0, 0.1) is 6.92 Å². The Morgan fingerprint density at radius 3 is 2.59 bits per heavy atom. The highest BCUT2D eigenvalue weighted by atomic mass is 127. The Morgan fingerprint density at radius 2 is 1.97 bits per heavy atom. The predicted octanol–water partition coefficient (Wildman–Crippen LogP) is 4.99. The van der Waals surface area contributed by atoms with Crippen LogP contribution in [0.1, 0.15) is 72.2 Å². The lowest BCUT2D eigenvalue weighted by Gasteiger charge is -2.20. The topological polar surface area (TPSA) is 84.8 Å². The molecule has 0 aliphatic heterocycles. The number of ether oxygens (including phenoxy) is 2. The van der Waals surface area contributed by atoms with Gasteiger partial charge in [0.25, 0.3) is 0 Å². The third-order valence-corrected chi connectivity index (χ3v) is 5.66. The maximum Gasteiger partial charge on any atom is 0.350 e. The molecule has 1 unspecified atom stereocenters. The average Bonchev–Trinajstić information content (AvgIpc) is 3.11. The van der Waals surface area contributed by atoms with Crippen molar-refractivity contribution in [2.24, 2.45) is 4.99 Å². The van der Waals surface area contributed by atoms with E-state index in [9.17, 15) is 4.79 Å². The summed E-state index contributed by atoms with van der Waals surface area (Å²) in [6.45, 7) is 13.3. The Balaban J connectivity index is 0.00000512. The number of esters is 1. The SMILES string of the molecule is CCOC(=O)c1sc(C(C)NC(=NC)NCc2cccc(COC(C)(C)C)c2)nc1C.I. The fraction of sp³-hybridized carbons (Fsp3) is 0.522. The van der Waals surface area contributed by atoms with Crippen molar-refractivity contribution in [3.63, 3.8) is 0 Å². The lowest BCUT2D eigenvalue weighted by atomic mass is 10.1. The molecule has 0 spiro atoms. The minimum absolute atomic E-state index is 0. The van der Waals surface area contributed by atoms with E-state index in [1.54, 1.807) is 14.0 Å². The van der Waals surface area contributed by atoms with Gasteiger partial charge in [0.1, 0.15) is 9.88 Å². The normalized spacial score (nSPS) is 12.7. The summed E-state index contributed by atoms with van der Waals surface area (Å²) in [5.74, 6) is 0.336. The number of nitrogens with one attached hydrogen (secondary N) is 2. The van der Waals surface area contributed by atoms with Crippen molar-refractivity contribution in [1.82, 2.24) is 15.6 Å². The highest BCUT2D eigenvalue weighted by molar-refractivity contribution is 14.0. The molecular weight excluding hydrogens is 539 g/mol. The maximum atomic E-state index is 12.1. The molecule has 0 aliphatic rings. The molecule has 2 rings (SSSR count). The zero-order valence-corrected chi connectivity index (χ0v) is 23.1. The van der Waals surface area contributed by atoms with Gasteiger partial charge in [0.15, 0.2) is 5.96 Å². The summed E-state index contributed by atoms with van der Waals surface area (Å²) in [5.41, 5.74) is 2.79. The molecule has 1 atom stereocenters. The zero-order chi connectivity index (χ0) is 23.0. The number of guanidine groups is 1. The first-order valence-electron chi connectivity index (χ1n) is 10.5. The predicted molar refractivity (Wildman–Crippen MR) is 141 cm³/mol. The van der Waals surface area contributed by atoms with Crippen LogP contribution in [0.15, 0.2) is 29.3 Å². The molecule has 1 aromatic heterocycles. The largest absolute Gasteiger partial charge is 0.462 e. The molecule has 1 aromatic carbocycles. The molecule has 0 amide bonds. The van der Waals surface area contributed by atoms with E-state index in [0.29, 0.717) is 36.3 Å². The number of benzene rings is 1. The van der Waals surface area contributed by atoms with Gasteiger partial charge < -0.3 is 20.1 Å². The molecular formula is C23H35IN4O3S. The fourth-order valence-corrected chi connectivity index (χ4v) is 3.73. The van der Waals surface area contributed by atoms with Gasteiger partial charge in [0.2, 0.25) is 0 Å². The molecule has 0 aliphatic carbocycles. The van der Waals surface area contributed by atoms with Crippen molar-refractivity contribution < 1.29 is 14.3 Å². The number of aliphatic imine (C=N–C) groups is 1. The van der Waals surface area contributed by atoms with Crippen LogP contribution < -0.4 is 10.6 Å². The van der Waals surface area contributed by atoms with E-state index < -0.39 is 0 Å². The van der Waals surface area contributed by atoms with Crippen molar-refractivity contribution >= 4 is 47.2 Å². The van der Waals surface area contributed by atoms with Crippen molar-refractivity contribution in [2.45, 2.75) is 66.3 Å². The van der Waals surface area contributed by atoms with Crippen LogP contribution in [-0.4, -0.2) is 36.2 Å². The number of halogens is 1. The highest BCUT2D eigenvalue weighted by Crippen LogP contribution is 2.24. The van der Waals surface area contributed by atoms with Gasteiger partial charge in [-0.1, -0.05) is 24.3 Å². The summed E-state index contributed by atoms with van der Waals surface area (Å²) in [5, 5.41) is 7.48. The van der Waals surface area contributed by atoms with Crippen molar-refractivity contribution in [3.8, 4) is 0 Å². The number of hydrogen-bond acceptors (Lipinski definition) is 6. The van der Waals surface area contributed by atoms with E-state index in [0.717, 1.165) is 16.1 Å². The third-order valence-electron chi connectivity index (χ3n) is 4.34. The summed E-state index contributed by atoms with van der Waals surface area (Å²) >= 11 is 1.35. The van der Waals surface area contributed by atoms with Gasteiger partial charge in [-0.15, -0.1) is 35.3 Å². The lowest BCUT2D eigenvalue weighted by molar-refractivity contribution is -0.0149. The first-order chi connectivity index (χ1) is 14.6. The van der Waals surface area contributed by atoms with Gasteiger partial charge >= 0.3 is 5.97 Å². The highest BCUT2D eigenvalue weighted by Gasteiger charge is 2.20. The Hall–Kier alpha value is -1.72. The average molecular weight is 575 g/mol. The Labute approximate surface area is 212 Å². The van der Waals surface area contributed by atoms with Crippen molar-refractivity contribution in [2.75, 3.05) is 13.7 Å². The van der Waals surface area contributed by atoms with Crippen LogP contribution in [0.5, 0.6) is 0 Å². The quantitative estimate of drug-likeness (QED) is 0.200. The van der Waals surface area contributed by atoms with Crippen LogP contribution >= 0.6 is 35.3 Å². The van der Waals surface area contributed by atoms with E-state index in [1.807, 2.05) is 19.9 Å². The Bertz CT molecular complexity index is 909. The summed E-state index contributed by atoms with van der Waals surface area (Å²) in [7, 11) is 1.73. The smallest absolute Gasteiger partial charge is 0.350 e. The molecule has 9 heteroatoms. The van der Waals surface area contributed by atoms with E-state index in [4.69, 9.17) is 9.47 Å². The molecule has 0 radical (unpaired) electrons. The summed E-state index contributed by atoms with van der Waals surface area (Å²) in [6.07, 6.45) is 0. The summed E-state index contributed by atoms with van der Waals surface area (Å²) < 4.78 is 11.0. The zero-order valence-electron chi connectivity index (χ0n) is 19.9. The summed E-state index contributed by atoms with van der Waals surface area (Å²) in [4.78, 5) is 21.4. The molecule has 178 valence electrons. The monoisotopic (exact) mass is 574 g/mol. The van der Waals surface area contributed by atoms with Gasteiger partial charge in [-0.3, -0.25) is 4.99 Å². The van der Waals surface area contributed by atoms with E-state index in [1.165, 1.54) is 11.3 Å². The van der Waals surface area contributed by atoms with Gasteiger partial charge in [-0.25, -0.2) is 9.78 Å². The maximum absolute atomic E-state index is 12.1. The second-order valence-electron chi connectivity index (χ2n) is 8.20. The van der Waals surface area contributed by atoms with Crippen LogP contribution in [0.2, 0.25) is 0 Å². The number of aryl methyl sites for hydroxylation is 1.